The summed E-state index contributed by atoms with van der Waals surface area (Å²) in [5.74, 6) is 0.359. The van der Waals surface area contributed by atoms with E-state index in [0.717, 1.165) is 6.42 Å². The second-order valence-corrected chi connectivity index (χ2v) is 9.26. The molecule has 20 heavy (non-hydrogen) atoms. The summed E-state index contributed by atoms with van der Waals surface area (Å²) < 4.78 is 22.7. The lowest BCUT2D eigenvalue weighted by Gasteiger charge is -2.14. The molecule has 1 aliphatic rings. The molecular weight excluding hydrogens is 294 g/mol. The maximum Gasteiger partial charge on any atom is 0.220 e. The molecule has 1 aromatic rings. The zero-order valence-corrected chi connectivity index (χ0v) is 13.5. The number of hydrogen-bond donors (Lipinski definition) is 1. The van der Waals surface area contributed by atoms with Gasteiger partial charge in [0.05, 0.1) is 11.5 Å². The van der Waals surface area contributed by atoms with Crippen molar-refractivity contribution in [2.45, 2.75) is 39.2 Å². The minimum Gasteiger partial charge on any atom is -0.353 e. The van der Waals surface area contributed by atoms with Crippen LogP contribution < -0.4 is 5.32 Å². The van der Waals surface area contributed by atoms with Gasteiger partial charge in [-0.25, -0.2) is 8.42 Å². The van der Waals surface area contributed by atoms with Crippen LogP contribution in [0.1, 0.15) is 29.5 Å². The van der Waals surface area contributed by atoms with Crippen molar-refractivity contribution >= 4 is 27.1 Å². The van der Waals surface area contributed by atoms with Gasteiger partial charge in [-0.05, 0) is 38.3 Å². The third-order valence-electron chi connectivity index (χ3n) is 3.51. The first-order valence-electron chi connectivity index (χ1n) is 6.89. The highest BCUT2D eigenvalue weighted by Gasteiger charge is 2.29. The van der Waals surface area contributed by atoms with Crippen LogP contribution in [0.15, 0.2) is 12.1 Å². The summed E-state index contributed by atoms with van der Waals surface area (Å²) in [6.45, 7) is 4.05. The van der Waals surface area contributed by atoms with Gasteiger partial charge in [0.2, 0.25) is 5.91 Å². The average molecular weight is 315 g/mol. The minimum atomic E-state index is -2.89. The van der Waals surface area contributed by atoms with E-state index in [1.807, 2.05) is 6.92 Å². The molecule has 0 aromatic carbocycles. The van der Waals surface area contributed by atoms with Gasteiger partial charge in [-0.15, -0.1) is 11.3 Å². The Bertz CT molecular complexity index is 577. The highest BCUT2D eigenvalue weighted by molar-refractivity contribution is 7.91. The first-order chi connectivity index (χ1) is 9.34. The van der Waals surface area contributed by atoms with E-state index >= 15 is 0 Å². The summed E-state index contributed by atoms with van der Waals surface area (Å²) in [7, 11) is -2.89. The molecule has 2 rings (SSSR count). The molecule has 2 atom stereocenters. The molecule has 1 aromatic heterocycles. The Kier molecular flexibility index (Phi) is 4.86. The Morgan fingerprint density at radius 3 is 2.80 bits per heavy atom. The van der Waals surface area contributed by atoms with Gasteiger partial charge in [0, 0.05) is 28.6 Å². The van der Waals surface area contributed by atoms with Crippen molar-refractivity contribution in [1.82, 2.24) is 5.32 Å². The maximum absolute atomic E-state index is 11.9. The third-order valence-corrected chi connectivity index (χ3v) is 6.37. The van der Waals surface area contributed by atoms with Crippen LogP contribution in [0, 0.1) is 12.8 Å². The number of aryl methyl sites for hydroxylation is 1. The molecule has 0 saturated carbocycles. The van der Waals surface area contributed by atoms with Crippen LogP contribution in [-0.2, 0) is 21.1 Å². The summed E-state index contributed by atoms with van der Waals surface area (Å²) in [5.41, 5.74) is 0. The van der Waals surface area contributed by atoms with Crippen LogP contribution >= 0.6 is 11.3 Å². The highest BCUT2D eigenvalue weighted by atomic mass is 32.2. The summed E-state index contributed by atoms with van der Waals surface area (Å²) in [6.07, 6.45) is 1.77. The number of nitrogens with one attached hydrogen (secondary N) is 1. The zero-order valence-electron chi connectivity index (χ0n) is 11.9. The van der Waals surface area contributed by atoms with Gasteiger partial charge < -0.3 is 5.32 Å². The van der Waals surface area contributed by atoms with Crippen LogP contribution in [0.2, 0.25) is 0 Å². The molecule has 1 aliphatic heterocycles. The standard InChI is InChI=1S/C14H21NO3S2/c1-10(7-13-4-3-11(2)19-13)15-14(16)8-12-5-6-20(17,18)9-12/h3-4,10,12H,5-9H2,1-2H3,(H,15,16)/t10-,12+/m1/s1. The van der Waals surface area contributed by atoms with E-state index in [4.69, 9.17) is 0 Å². The van der Waals surface area contributed by atoms with Crippen molar-refractivity contribution in [3.05, 3.63) is 21.9 Å². The normalized spacial score (nSPS) is 22.6. The van der Waals surface area contributed by atoms with Crippen LogP contribution in [0.5, 0.6) is 0 Å². The molecule has 4 nitrogen and oxygen atoms in total. The summed E-state index contributed by atoms with van der Waals surface area (Å²) in [4.78, 5) is 14.4. The highest BCUT2D eigenvalue weighted by Crippen LogP contribution is 2.21. The predicted molar refractivity (Wildman–Crippen MR) is 81.7 cm³/mol. The first kappa shape index (κ1) is 15.5. The summed E-state index contributed by atoms with van der Waals surface area (Å²) >= 11 is 1.75. The van der Waals surface area contributed by atoms with E-state index in [-0.39, 0.29) is 29.4 Å². The van der Waals surface area contributed by atoms with Gasteiger partial charge in [0.15, 0.2) is 9.84 Å². The van der Waals surface area contributed by atoms with Crippen LogP contribution in [-0.4, -0.2) is 31.9 Å². The molecular formula is C14H21NO3S2. The lowest BCUT2D eigenvalue weighted by Crippen LogP contribution is -2.35. The topological polar surface area (TPSA) is 63.2 Å². The predicted octanol–water partition coefficient (Wildman–Crippen LogP) is 1.93. The largest absolute Gasteiger partial charge is 0.353 e. The number of sulfone groups is 1. The van der Waals surface area contributed by atoms with Crippen LogP contribution in [0.3, 0.4) is 0 Å². The number of thiophene rings is 1. The van der Waals surface area contributed by atoms with Gasteiger partial charge in [-0.3, -0.25) is 4.79 Å². The second kappa shape index (κ2) is 6.26. The summed E-state index contributed by atoms with van der Waals surface area (Å²) in [5, 5.41) is 2.96. The lowest BCUT2D eigenvalue weighted by atomic mass is 10.0. The number of carbonyl (C=O) groups is 1. The Labute approximate surface area is 124 Å². The minimum absolute atomic E-state index is 0.00353. The third kappa shape index (κ3) is 4.59. The van der Waals surface area contributed by atoms with E-state index in [2.05, 4.69) is 24.4 Å². The van der Waals surface area contributed by atoms with Crippen molar-refractivity contribution in [3.8, 4) is 0 Å². The van der Waals surface area contributed by atoms with E-state index < -0.39 is 9.84 Å². The number of hydrogen-bond acceptors (Lipinski definition) is 4. The van der Waals surface area contributed by atoms with Crippen molar-refractivity contribution < 1.29 is 13.2 Å². The summed E-state index contributed by atoms with van der Waals surface area (Å²) in [6, 6.07) is 4.25. The maximum atomic E-state index is 11.9. The Balaban J connectivity index is 1.77. The monoisotopic (exact) mass is 315 g/mol. The van der Waals surface area contributed by atoms with Crippen molar-refractivity contribution in [3.63, 3.8) is 0 Å². The fraction of sp³-hybridized carbons (Fsp3) is 0.643. The number of rotatable bonds is 5. The number of amides is 1. The molecule has 0 aliphatic carbocycles. The molecule has 1 saturated heterocycles. The van der Waals surface area contributed by atoms with E-state index in [9.17, 15) is 13.2 Å². The fourth-order valence-corrected chi connectivity index (χ4v) is 5.46. The Morgan fingerprint density at radius 1 is 1.50 bits per heavy atom. The first-order valence-corrected chi connectivity index (χ1v) is 9.53. The number of carbonyl (C=O) groups excluding carboxylic acids is 1. The van der Waals surface area contributed by atoms with Gasteiger partial charge in [-0.1, -0.05) is 0 Å². The van der Waals surface area contributed by atoms with Crippen molar-refractivity contribution in [2.24, 2.45) is 5.92 Å². The van der Waals surface area contributed by atoms with Crippen molar-refractivity contribution in [2.75, 3.05) is 11.5 Å². The molecule has 1 amide bonds. The molecule has 0 spiro atoms. The van der Waals surface area contributed by atoms with Crippen molar-refractivity contribution in [1.29, 1.82) is 0 Å². The zero-order chi connectivity index (χ0) is 14.8. The second-order valence-electron chi connectivity index (χ2n) is 5.66. The average Bonchev–Trinajstić information content (AvgIpc) is 2.84. The smallest absolute Gasteiger partial charge is 0.220 e. The van der Waals surface area contributed by atoms with Crippen LogP contribution in [0.25, 0.3) is 0 Å². The van der Waals surface area contributed by atoms with E-state index in [0.29, 0.717) is 12.8 Å². The van der Waals surface area contributed by atoms with E-state index in [1.165, 1.54) is 9.75 Å². The molecule has 2 heterocycles. The van der Waals surface area contributed by atoms with Gasteiger partial charge >= 0.3 is 0 Å². The SMILES string of the molecule is Cc1ccc(C[C@@H](C)NC(=O)C[C@@H]2CCS(=O)(=O)C2)s1. The van der Waals surface area contributed by atoms with Crippen LogP contribution in [0.4, 0.5) is 0 Å². The van der Waals surface area contributed by atoms with Gasteiger partial charge in [0.1, 0.15) is 0 Å². The molecule has 0 radical (unpaired) electrons. The molecule has 1 N–H and O–H groups in total. The molecule has 1 fully saturated rings. The lowest BCUT2D eigenvalue weighted by molar-refractivity contribution is -0.122. The molecule has 6 heteroatoms. The Hall–Kier alpha value is -0.880. The quantitative estimate of drug-likeness (QED) is 0.903. The molecule has 0 unspecified atom stereocenters. The fourth-order valence-electron chi connectivity index (χ4n) is 2.58. The van der Waals surface area contributed by atoms with E-state index in [1.54, 1.807) is 11.3 Å². The van der Waals surface area contributed by atoms with Gasteiger partial charge in [-0.2, -0.15) is 0 Å². The Morgan fingerprint density at radius 2 is 2.25 bits per heavy atom. The molecule has 112 valence electrons. The molecule has 0 bridgehead atoms. The van der Waals surface area contributed by atoms with Gasteiger partial charge in [0.25, 0.3) is 0 Å².